The number of para-hydroxylation sites is 1. The molecule has 0 fully saturated rings. The number of aromatic amines is 1. The van der Waals surface area contributed by atoms with Crippen molar-refractivity contribution in [3.8, 4) is 0 Å². The van der Waals surface area contributed by atoms with Crippen molar-refractivity contribution in [3.05, 3.63) is 48.7 Å². The Morgan fingerprint density at radius 1 is 0.882 bits per heavy atom. The molecule has 1 N–H and O–H groups in total. The van der Waals surface area contributed by atoms with Gasteiger partial charge < -0.3 is 0 Å². The highest BCUT2D eigenvalue weighted by molar-refractivity contribution is 6.07. The minimum Gasteiger partial charge on any atom is -0.277 e. The third-order valence-corrected chi connectivity index (χ3v) is 3.11. The lowest BCUT2D eigenvalue weighted by molar-refractivity contribution is 1.12. The van der Waals surface area contributed by atoms with Crippen molar-refractivity contribution in [2.75, 3.05) is 0 Å². The Morgan fingerprint density at radius 3 is 2.82 bits per heavy atom. The zero-order valence-electron chi connectivity index (χ0n) is 9.01. The van der Waals surface area contributed by atoms with Crippen LogP contribution in [0.15, 0.2) is 48.7 Å². The van der Waals surface area contributed by atoms with E-state index >= 15 is 0 Å². The maximum Gasteiger partial charge on any atom is 0.0744 e. The van der Waals surface area contributed by atoms with Gasteiger partial charge in [-0.25, -0.2) is 4.98 Å². The number of hydrogen-bond donors (Lipinski definition) is 1. The van der Waals surface area contributed by atoms with Gasteiger partial charge in [-0.1, -0.05) is 18.2 Å². The molecule has 0 radical (unpaired) electrons. The molecule has 0 saturated heterocycles. The lowest BCUT2D eigenvalue weighted by Crippen LogP contribution is -1.83. The number of nitrogens with one attached hydrogen (secondary N) is 1. The molecule has 2 heterocycles. The van der Waals surface area contributed by atoms with Gasteiger partial charge in [0.15, 0.2) is 0 Å². The van der Waals surface area contributed by atoms with E-state index in [0.717, 1.165) is 32.7 Å². The van der Waals surface area contributed by atoms with Gasteiger partial charge in [-0.3, -0.25) is 5.10 Å². The number of benzene rings is 2. The standard InChI is InChI=1S/C14H9N3/c1-2-4-12-9(3-1)7-11-13(16-12)6-5-10-8-15-17-14(10)11/h1-8H,(H,15,17). The van der Waals surface area contributed by atoms with Gasteiger partial charge in [0.25, 0.3) is 0 Å². The van der Waals surface area contributed by atoms with Gasteiger partial charge in [0.1, 0.15) is 0 Å². The molecule has 2 aromatic carbocycles. The van der Waals surface area contributed by atoms with Crippen LogP contribution in [0.2, 0.25) is 0 Å². The summed E-state index contributed by atoms with van der Waals surface area (Å²) in [5.74, 6) is 0. The van der Waals surface area contributed by atoms with Crippen LogP contribution < -0.4 is 0 Å². The van der Waals surface area contributed by atoms with E-state index < -0.39 is 0 Å². The van der Waals surface area contributed by atoms with Gasteiger partial charge in [-0.05, 0) is 24.3 Å². The highest BCUT2D eigenvalue weighted by Gasteiger charge is 2.04. The molecule has 3 heteroatoms. The maximum atomic E-state index is 4.66. The average Bonchev–Trinajstić information content (AvgIpc) is 2.85. The van der Waals surface area contributed by atoms with Gasteiger partial charge in [0.05, 0.1) is 22.7 Å². The summed E-state index contributed by atoms with van der Waals surface area (Å²) >= 11 is 0. The Bertz CT molecular complexity index is 846. The number of hydrogen-bond acceptors (Lipinski definition) is 2. The molecule has 0 spiro atoms. The average molecular weight is 219 g/mol. The number of fused-ring (bicyclic) bond motifs is 4. The van der Waals surface area contributed by atoms with Crippen LogP contribution in [-0.4, -0.2) is 15.2 Å². The van der Waals surface area contributed by atoms with Gasteiger partial charge >= 0.3 is 0 Å². The SMILES string of the molecule is c1ccc2nc3ccc4cn[nH]c4c3cc2c1. The van der Waals surface area contributed by atoms with E-state index in [1.54, 1.807) is 0 Å². The Kier molecular flexibility index (Phi) is 1.56. The number of nitrogens with zero attached hydrogens (tertiary/aromatic N) is 2. The van der Waals surface area contributed by atoms with Crippen molar-refractivity contribution < 1.29 is 0 Å². The number of pyridine rings is 1. The van der Waals surface area contributed by atoms with E-state index in [-0.39, 0.29) is 0 Å². The number of rotatable bonds is 0. The molecule has 2 aromatic heterocycles. The zero-order chi connectivity index (χ0) is 11.2. The Labute approximate surface area is 97.1 Å². The first-order valence-corrected chi connectivity index (χ1v) is 5.53. The van der Waals surface area contributed by atoms with Crippen LogP contribution in [0.1, 0.15) is 0 Å². The van der Waals surface area contributed by atoms with Crippen LogP contribution in [0.3, 0.4) is 0 Å². The predicted octanol–water partition coefficient (Wildman–Crippen LogP) is 3.26. The topological polar surface area (TPSA) is 41.6 Å². The highest BCUT2D eigenvalue weighted by atomic mass is 15.1. The summed E-state index contributed by atoms with van der Waals surface area (Å²) in [5.41, 5.74) is 3.08. The summed E-state index contributed by atoms with van der Waals surface area (Å²) in [6.45, 7) is 0. The van der Waals surface area contributed by atoms with Gasteiger partial charge in [-0.2, -0.15) is 5.10 Å². The van der Waals surface area contributed by atoms with Gasteiger partial charge in [-0.15, -0.1) is 0 Å². The van der Waals surface area contributed by atoms with Crippen LogP contribution in [0, 0.1) is 0 Å². The van der Waals surface area contributed by atoms with Gasteiger partial charge in [0, 0.05) is 16.2 Å². The quantitative estimate of drug-likeness (QED) is 0.461. The first-order chi connectivity index (χ1) is 8.42. The smallest absolute Gasteiger partial charge is 0.0744 e. The van der Waals surface area contributed by atoms with E-state index in [9.17, 15) is 0 Å². The molecule has 4 aromatic rings. The van der Waals surface area contributed by atoms with E-state index in [4.69, 9.17) is 0 Å². The van der Waals surface area contributed by atoms with Gasteiger partial charge in [0.2, 0.25) is 0 Å². The minimum absolute atomic E-state index is 1.00. The molecule has 0 atom stereocenters. The van der Waals surface area contributed by atoms with Crippen molar-refractivity contribution in [3.63, 3.8) is 0 Å². The molecule has 0 bridgehead atoms. The number of aromatic nitrogens is 3. The van der Waals surface area contributed by atoms with Crippen molar-refractivity contribution >= 4 is 32.7 Å². The molecule has 0 aliphatic heterocycles. The third kappa shape index (κ3) is 1.16. The Hall–Kier alpha value is -2.42. The summed E-state index contributed by atoms with van der Waals surface area (Å²) in [7, 11) is 0. The summed E-state index contributed by atoms with van der Waals surface area (Å²) in [6.07, 6.45) is 1.84. The lowest BCUT2D eigenvalue weighted by Gasteiger charge is -2.02. The Balaban J connectivity index is 2.29. The van der Waals surface area contributed by atoms with Crippen LogP contribution in [0.4, 0.5) is 0 Å². The lowest BCUT2D eigenvalue weighted by atomic mass is 10.1. The third-order valence-electron chi connectivity index (χ3n) is 3.11. The first-order valence-electron chi connectivity index (χ1n) is 5.53. The summed E-state index contributed by atoms with van der Waals surface area (Å²) in [5, 5.41) is 10.5. The van der Waals surface area contributed by atoms with E-state index in [0.29, 0.717) is 0 Å². The predicted molar refractivity (Wildman–Crippen MR) is 68.9 cm³/mol. The van der Waals surface area contributed by atoms with Crippen molar-refractivity contribution in [2.45, 2.75) is 0 Å². The summed E-state index contributed by atoms with van der Waals surface area (Å²) < 4.78 is 0. The molecule has 0 amide bonds. The second-order valence-corrected chi connectivity index (χ2v) is 4.15. The van der Waals surface area contributed by atoms with Crippen LogP contribution in [0.5, 0.6) is 0 Å². The normalized spacial score (nSPS) is 11.5. The summed E-state index contributed by atoms with van der Waals surface area (Å²) in [4.78, 5) is 4.66. The van der Waals surface area contributed by atoms with Crippen molar-refractivity contribution in [1.29, 1.82) is 0 Å². The van der Waals surface area contributed by atoms with E-state index in [2.05, 4.69) is 27.3 Å². The molecule has 4 rings (SSSR count). The van der Waals surface area contributed by atoms with Crippen molar-refractivity contribution in [1.82, 2.24) is 15.2 Å². The molecule has 0 aliphatic rings. The first kappa shape index (κ1) is 8.70. The molecule has 3 nitrogen and oxygen atoms in total. The largest absolute Gasteiger partial charge is 0.277 e. The molecular formula is C14H9N3. The van der Waals surface area contributed by atoms with E-state index in [1.807, 2.05) is 36.5 Å². The summed E-state index contributed by atoms with van der Waals surface area (Å²) in [6, 6.07) is 14.4. The fraction of sp³-hybridized carbons (Fsp3) is 0. The molecule has 0 saturated carbocycles. The zero-order valence-corrected chi connectivity index (χ0v) is 9.01. The van der Waals surface area contributed by atoms with E-state index in [1.165, 1.54) is 0 Å². The minimum atomic E-state index is 1.00. The monoisotopic (exact) mass is 219 g/mol. The maximum absolute atomic E-state index is 4.66. The second-order valence-electron chi connectivity index (χ2n) is 4.15. The van der Waals surface area contributed by atoms with Crippen LogP contribution in [-0.2, 0) is 0 Å². The van der Waals surface area contributed by atoms with Crippen LogP contribution >= 0.6 is 0 Å². The molecule has 80 valence electrons. The molecule has 0 aliphatic carbocycles. The fourth-order valence-electron chi connectivity index (χ4n) is 2.26. The molecular weight excluding hydrogens is 210 g/mol. The fourth-order valence-corrected chi connectivity index (χ4v) is 2.26. The molecule has 17 heavy (non-hydrogen) atoms. The second kappa shape index (κ2) is 3.04. The Morgan fingerprint density at radius 2 is 1.82 bits per heavy atom. The highest BCUT2D eigenvalue weighted by Crippen LogP contribution is 2.25. The van der Waals surface area contributed by atoms with Crippen molar-refractivity contribution in [2.24, 2.45) is 0 Å². The number of H-pyrrole nitrogens is 1. The van der Waals surface area contributed by atoms with Crippen LogP contribution in [0.25, 0.3) is 32.7 Å². The molecule has 0 unspecified atom stereocenters.